The van der Waals surface area contributed by atoms with Gasteiger partial charge in [-0.05, 0) is 23.7 Å². The zero-order chi connectivity index (χ0) is 23.8. The highest BCUT2D eigenvalue weighted by Gasteiger charge is 2.23. The molecule has 4 aromatic heterocycles. The predicted molar refractivity (Wildman–Crippen MR) is 125 cm³/mol. The minimum Gasteiger partial charge on any atom is -0.857 e. The molecule has 0 radical (unpaired) electrons. The van der Waals surface area contributed by atoms with E-state index in [-0.39, 0.29) is 27.8 Å². The van der Waals surface area contributed by atoms with Crippen molar-refractivity contribution in [3.05, 3.63) is 70.9 Å². The van der Waals surface area contributed by atoms with E-state index in [9.17, 15) is 10.4 Å². The Morgan fingerprint density at radius 1 is 1.15 bits per heavy atom. The molecule has 0 aliphatic rings. The summed E-state index contributed by atoms with van der Waals surface area (Å²) in [5.74, 6) is -0.585. The van der Waals surface area contributed by atoms with Crippen LogP contribution in [0.3, 0.4) is 0 Å². The molecule has 0 aliphatic heterocycles. The maximum absolute atomic E-state index is 13.0. The second kappa shape index (κ2) is 8.27. The Morgan fingerprint density at radius 2 is 1.94 bits per heavy atom. The lowest BCUT2D eigenvalue weighted by Gasteiger charge is -2.10. The van der Waals surface area contributed by atoms with E-state index in [1.54, 1.807) is 6.07 Å². The molecule has 0 aliphatic carbocycles. The number of hydrogen-bond donors (Lipinski definition) is 2. The van der Waals surface area contributed by atoms with Crippen LogP contribution >= 0.6 is 11.3 Å². The minimum absolute atomic E-state index is 0.0106. The lowest BCUT2D eigenvalue weighted by atomic mass is 10.0. The number of nitrogen functional groups attached to an aromatic ring is 2. The normalized spacial score (nSPS) is 11.6. The van der Waals surface area contributed by atoms with E-state index in [4.69, 9.17) is 16.0 Å². The van der Waals surface area contributed by atoms with Crippen molar-refractivity contribution >= 4 is 44.8 Å². The van der Waals surface area contributed by atoms with Crippen molar-refractivity contribution in [2.75, 3.05) is 11.5 Å². The quantitative estimate of drug-likeness (QED) is 0.230. The van der Waals surface area contributed by atoms with E-state index in [0.29, 0.717) is 21.5 Å². The summed E-state index contributed by atoms with van der Waals surface area (Å²) < 4.78 is 6.65. The van der Waals surface area contributed by atoms with E-state index >= 15 is 0 Å². The van der Waals surface area contributed by atoms with Crippen molar-refractivity contribution < 1.29 is 14.3 Å². The molecule has 5 aromatic rings. The van der Waals surface area contributed by atoms with Crippen LogP contribution in [0.15, 0.2) is 64.2 Å². The van der Waals surface area contributed by atoms with Gasteiger partial charge in [0.1, 0.15) is 22.3 Å². The first-order valence-electron chi connectivity index (χ1n) is 10.0. The van der Waals surface area contributed by atoms with Crippen LogP contribution in [-0.2, 0) is 0 Å². The van der Waals surface area contributed by atoms with E-state index in [0.717, 1.165) is 22.7 Å². The number of hydrogen-bond acceptors (Lipinski definition) is 10. The van der Waals surface area contributed by atoms with Gasteiger partial charge in [-0.2, -0.15) is 5.26 Å². The van der Waals surface area contributed by atoms with Gasteiger partial charge >= 0.3 is 5.88 Å². The summed E-state index contributed by atoms with van der Waals surface area (Å²) in [6, 6.07) is 16.7. The first-order chi connectivity index (χ1) is 16.5. The molecule has 0 saturated heterocycles. The summed E-state index contributed by atoms with van der Waals surface area (Å²) in [4.78, 5) is 13.4. The van der Waals surface area contributed by atoms with Crippen LogP contribution < -0.4 is 21.3 Å². The molecule has 1 aromatic carbocycles. The van der Waals surface area contributed by atoms with Crippen LogP contribution in [0.25, 0.3) is 27.2 Å². The van der Waals surface area contributed by atoms with Crippen molar-refractivity contribution in [1.82, 2.24) is 15.2 Å². The van der Waals surface area contributed by atoms with Gasteiger partial charge in [0.2, 0.25) is 11.0 Å². The van der Waals surface area contributed by atoms with E-state index in [1.165, 1.54) is 10.9 Å². The molecule has 0 amide bonds. The number of nitriles is 1. The van der Waals surface area contributed by atoms with Gasteiger partial charge in [-0.3, -0.25) is 9.51 Å². The fourth-order valence-corrected chi connectivity index (χ4v) is 4.52. The van der Waals surface area contributed by atoms with Crippen LogP contribution in [0.1, 0.15) is 16.1 Å². The van der Waals surface area contributed by atoms with Gasteiger partial charge < -0.3 is 16.6 Å². The molecular weight excluding hydrogens is 452 g/mol. The van der Waals surface area contributed by atoms with E-state index in [1.807, 2.05) is 49.4 Å². The van der Waals surface area contributed by atoms with Crippen molar-refractivity contribution in [2.24, 2.45) is 4.99 Å². The van der Waals surface area contributed by atoms with Gasteiger partial charge in [-0.1, -0.05) is 24.3 Å². The topological polar surface area (TPSA) is 167 Å². The smallest absolute Gasteiger partial charge is 0.321 e. The molecule has 0 spiro atoms. The van der Waals surface area contributed by atoms with E-state index < -0.39 is 5.90 Å². The molecule has 5 rings (SSSR count). The molecular formula is C23H16N8O2S. The molecule has 0 bridgehead atoms. The Kier molecular flexibility index (Phi) is 5.12. The third-order valence-electron chi connectivity index (χ3n) is 5.04. The number of aryl methyl sites for hydroxylation is 1. The molecule has 34 heavy (non-hydrogen) atoms. The maximum Gasteiger partial charge on any atom is 0.321 e. The summed E-state index contributed by atoms with van der Waals surface area (Å²) in [7, 11) is 0. The number of thiophene rings is 1. The van der Waals surface area contributed by atoms with Gasteiger partial charge in [0.05, 0.1) is 16.3 Å². The zero-order valence-electron chi connectivity index (χ0n) is 17.8. The number of fused-ring (bicyclic) bond motifs is 1. The largest absolute Gasteiger partial charge is 0.857 e. The molecule has 0 atom stereocenters. The molecule has 10 nitrogen and oxygen atoms in total. The number of nitrogens with two attached hydrogens (primary N) is 2. The van der Waals surface area contributed by atoms with Crippen LogP contribution in [0.2, 0.25) is 0 Å². The fourth-order valence-electron chi connectivity index (χ4n) is 3.52. The number of anilines is 2. The van der Waals surface area contributed by atoms with Gasteiger partial charge in [-0.25, -0.2) is 9.98 Å². The third-order valence-corrected chi connectivity index (χ3v) is 6.13. The van der Waals surface area contributed by atoms with Gasteiger partial charge in [-0.15, -0.1) is 11.3 Å². The van der Waals surface area contributed by atoms with Crippen LogP contribution in [0.4, 0.5) is 17.4 Å². The zero-order valence-corrected chi connectivity index (χ0v) is 18.6. The van der Waals surface area contributed by atoms with Crippen molar-refractivity contribution in [3.63, 3.8) is 0 Å². The first-order valence-corrected chi connectivity index (χ1v) is 10.8. The SMILES string of the molecule is Cc1cccc(-c2c(C#N)c(N)nc3sc(/C([O-])=N/c4c[n+](-c5ccccc5)no4)c(N)c23)n1. The van der Waals surface area contributed by atoms with Crippen LogP contribution in [0.5, 0.6) is 0 Å². The Labute approximate surface area is 197 Å². The number of pyridine rings is 2. The van der Waals surface area contributed by atoms with Crippen LogP contribution in [-0.4, -0.2) is 21.1 Å². The monoisotopic (exact) mass is 468 g/mol. The molecule has 4 N–H and O–H groups in total. The summed E-state index contributed by atoms with van der Waals surface area (Å²) >= 11 is 1.04. The van der Waals surface area contributed by atoms with Gasteiger partial charge in [0, 0.05) is 34.7 Å². The molecule has 0 saturated carbocycles. The second-order valence-electron chi connectivity index (χ2n) is 7.29. The van der Waals surface area contributed by atoms with Crippen molar-refractivity contribution in [1.29, 1.82) is 5.26 Å². The van der Waals surface area contributed by atoms with Crippen molar-refractivity contribution in [3.8, 4) is 23.0 Å². The Bertz CT molecular complexity index is 1620. The Hall–Kier alpha value is -4.82. The number of para-hydroxylation sites is 1. The summed E-state index contributed by atoms with van der Waals surface area (Å²) in [5, 5.41) is 27.1. The van der Waals surface area contributed by atoms with Gasteiger partial charge in [0.25, 0.3) is 6.20 Å². The van der Waals surface area contributed by atoms with Gasteiger partial charge in [0.15, 0.2) is 0 Å². The first kappa shape index (κ1) is 21.0. The average molecular weight is 469 g/mol. The standard InChI is InChI=1S/C23H16N8O2S/c1-12-6-5-9-15(27-12)17-14(10-24)21(26)29-23-18(17)19(25)20(34-23)22(32)28-16-11-31(30-33-16)13-7-3-2-4-8-13/h2-9,11H,1H3,(H4-,25,26,28,29,30,32). The highest BCUT2D eigenvalue weighted by atomic mass is 32.1. The highest BCUT2D eigenvalue weighted by Crippen LogP contribution is 2.42. The fraction of sp³-hybridized carbons (Fsp3) is 0.0435. The minimum atomic E-state index is -0.628. The number of aliphatic imine (C=N–C) groups is 1. The Balaban J connectivity index is 1.65. The lowest BCUT2D eigenvalue weighted by Crippen LogP contribution is -2.30. The molecule has 0 fully saturated rings. The van der Waals surface area contributed by atoms with Crippen LogP contribution in [0, 0.1) is 18.3 Å². The number of aromatic nitrogens is 4. The summed E-state index contributed by atoms with van der Waals surface area (Å²) in [5.41, 5.74) is 15.2. The second-order valence-corrected chi connectivity index (χ2v) is 8.28. The molecule has 166 valence electrons. The average Bonchev–Trinajstić information content (AvgIpc) is 3.43. The third kappa shape index (κ3) is 3.58. The molecule has 11 heteroatoms. The van der Waals surface area contributed by atoms with Crippen molar-refractivity contribution in [2.45, 2.75) is 6.92 Å². The highest BCUT2D eigenvalue weighted by molar-refractivity contribution is 7.21. The van der Waals surface area contributed by atoms with E-state index in [2.05, 4.69) is 26.3 Å². The number of rotatable bonds is 4. The molecule has 4 heterocycles. The number of nitrogens with zero attached hydrogens (tertiary/aromatic N) is 6. The number of benzene rings is 1. The molecule has 0 unspecified atom stereocenters. The summed E-state index contributed by atoms with van der Waals surface area (Å²) in [6.45, 7) is 1.83. The summed E-state index contributed by atoms with van der Waals surface area (Å²) in [6.07, 6.45) is 1.49. The lowest BCUT2D eigenvalue weighted by molar-refractivity contribution is -0.670. The Morgan fingerprint density at radius 3 is 2.68 bits per heavy atom. The predicted octanol–water partition coefficient (Wildman–Crippen LogP) is 2.41. The maximum atomic E-state index is 13.0.